The largest absolute Gasteiger partial charge is 0.340 e. The molecule has 22 heavy (non-hydrogen) atoms. The molecule has 2 saturated heterocycles. The van der Waals surface area contributed by atoms with E-state index in [0.717, 1.165) is 45.8 Å². The molecule has 0 atom stereocenters. The molecule has 0 radical (unpaired) electrons. The first kappa shape index (κ1) is 17.7. The molecule has 0 aromatic carbocycles. The zero-order chi connectivity index (χ0) is 16.3. The Morgan fingerprint density at radius 1 is 0.955 bits per heavy atom. The van der Waals surface area contributed by atoms with Gasteiger partial charge in [-0.3, -0.25) is 14.6 Å². The molecular weight excluding hydrogens is 276 g/mol. The fourth-order valence-electron chi connectivity index (χ4n) is 3.55. The molecule has 5 heteroatoms. The maximum Gasteiger partial charge on any atom is 0.225 e. The van der Waals surface area contributed by atoms with Crippen LogP contribution in [-0.2, 0) is 4.79 Å². The quantitative estimate of drug-likeness (QED) is 0.769. The summed E-state index contributed by atoms with van der Waals surface area (Å²) in [6, 6.07) is 0. The summed E-state index contributed by atoms with van der Waals surface area (Å²) in [4.78, 5) is 21.7. The van der Waals surface area contributed by atoms with Gasteiger partial charge in [-0.2, -0.15) is 0 Å². The number of carbonyl (C=O) groups excluding carboxylic acids is 1. The van der Waals surface area contributed by atoms with Crippen LogP contribution in [0.25, 0.3) is 0 Å². The van der Waals surface area contributed by atoms with Crippen LogP contribution in [0.1, 0.15) is 27.7 Å². The van der Waals surface area contributed by atoms with Crippen molar-refractivity contribution in [2.75, 3.05) is 66.0 Å². The molecule has 5 nitrogen and oxygen atoms in total. The topological polar surface area (TPSA) is 30.0 Å². The van der Waals surface area contributed by atoms with E-state index in [0.29, 0.717) is 5.91 Å². The summed E-state index contributed by atoms with van der Waals surface area (Å²) in [7, 11) is 2.20. The molecule has 0 aromatic heterocycles. The molecule has 2 aliphatic rings. The summed E-state index contributed by atoms with van der Waals surface area (Å²) in [6.45, 7) is 18.3. The number of rotatable bonds is 4. The molecule has 2 rings (SSSR count). The van der Waals surface area contributed by atoms with Crippen molar-refractivity contribution in [2.45, 2.75) is 33.2 Å². The highest BCUT2D eigenvalue weighted by Crippen LogP contribution is 2.19. The Labute approximate surface area is 136 Å². The lowest BCUT2D eigenvalue weighted by Gasteiger charge is -2.47. The Kier molecular flexibility index (Phi) is 5.86. The highest BCUT2D eigenvalue weighted by molar-refractivity contribution is 5.78. The molecule has 0 bridgehead atoms. The predicted octanol–water partition coefficient (Wildman–Crippen LogP) is 0.813. The summed E-state index contributed by atoms with van der Waals surface area (Å²) < 4.78 is 0. The first-order valence-corrected chi connectivity index (χ1v) is 8.74. The monoisotopic (exact) mass is 310 g/mol. The zero-order valence-corrected chi connectivity index (χ0v) is 15.1. The Hall–Kier alpha value is -0.650. The molecule has 0 aromatic rings. The molecular formula is C17H34N4O. The maximum absolute atomic E-state index is 12.1. The predicted molar refractivity (Wildman–Crippen MR) is 91.0 cm³/mol. The lowest BCUT2D eigenvalue weighted by molar-refractivity contribution is -0.136. The number of likely N-dealkylation sites (N-methyl/N-ethyl adjacent to an activating group) is 1. The number of hydrogen-bond acceptors (Lipinski definition) is 4. The zero-order valence-electron chi connectivity index (χ0n) is 15.1. The van der Waals surface area contributed by atoms with E-state index in [1.165, 1.54) is 13.1 Å². The van der Waals surface area contributed by atoms with E-state index in [4.69, 9.17) is 0 Å². The van der Waals surface area contributed by atoms with Crippen LogP contribution < -0.4 is 0 Å². The van der Waals surface area contributed by atoms with Gasteiger partial charge in [0.15, 0.2) is 0 Å². The van der Waals surface area contributed by atoms with E-state index < -0.39 is 0 Å². The van der Waals surface area contributed by atoms with Crippen molar-refractivity contribution in [2.24, 2.45) is 5.92 Å². The number of hydrogen-bond donors (Lipinski definition) is 0. The molecule has 2 heterocycles. The number of nitrogens with zero attached hydrogens (tertiary/aromatic N) is 4. The minimum absolute atomic E-state index is 0.119. The van der Waals surface area contributed by atoms with Crippen molar-refractivity contribution in [3.63, 3.8) is 0 Å². The smallest absolute Gasteiger partial charge is 0.225 e. The number of piperazine rings is 2. The minimum Gasteiger partial charge on any atom is -0.340 e. The van der Waals surface area contributed by atoms with E-state index in [9.17, 15) is 4.79 Å². The van der Waals surface area contributed by atoms with Crippen molar-refractivity contribution in [3.8, 4) is 0 Å². The third-order valence-corrected chi connectivity index (χ3v) is 5.15. The van der Waals surface area contributed by atoms with E-state index in [-0.39, 0.29) is 11.5 Å². The molecule has 0 spiro atoms. The van der Waals surface area contributed by atoms with Crippen molar-refractivity contribution < 1.29 is 4.79 Å². The van der Waals surface area contributed by atoms with Crippen LogP contribution in [0, 0.1) is 5.92 Å². The molecule has 0 unspecified atom stereocenters. The second-order valence-corrected chi connectivity index (χ2v) is 7.86. The Morgan fingerprint density at radius 3 is 2.00 bits per heavy atom. The fraction of sp³-hybridized carbons (Fsp3) is 0.941. The van der Waals surface area contributed by atoms with Crippen LogP contribution in [-0.4, -0.2) is 97.0 Å². The van der Waals surface area contributed by atoms with E-state index in [1.807, 2.05) is 18.7 Å². The van der Waals surface area contributed by atoms with E-state index >= 15 is 0 Å². The second kappa shape index (κ2) is 7.28. The van der Waals surface area contributed by atoms with Gasteiger partial charge in [0, 0.05) is 70.4 Å². The standard InChI is InChI=1S/C17H34N4O/c1-15(2)16(22)20-10-8-19(9-11-20)14-17(3,4)21-12-6-18(5)7-13-21/h15H,6-14H2,1-5H3. The molecule has 0 aliphatic carbocycles. The highest BCUT2D eigenvalue weighted by Gasteiger charge is 2.32. The minimum atomic E-state index is 0.119. The summed E-state index contributed by atoms with van der Waals surface area (Å²) in [5.74, 6) is 0.423. The summed E-state index contributed by atoms with van der Waals surface area (Å²) in [5, 5.41) is 0. The Morgan fingerprint density at radius 2 is 1.50 bits per heavy atom. The average molecular weight is 310 g/mol. The molecule has 0 N–H and O–H groups in total. The van der Waals surface area contributed by atoms with Gasteiger partial charge in [-0.25, -0.2) is 0 Å². The van der Waals surface area contributed by atoms with E-state index in [1.54, 1.807) is 0 Å². The number of carbonyl (C=O) groups is 1. The molecule has 1 amide bonds. The second-order valence-electron chi connectivity index (χ2n) is 7.86. The summed E-state index contributed by atoms with van der Waals surface area (Å²) in [5.41, 5.74) is 0.214. The van der Waals surface area contributed by atoms with Gasteiger partial charge in [0.1, 0.15) is 0 Å². The summed E-state index contributed by atoms with van der Waals surface area (Å²) >= 11 is 0. The van der Waals surface area contributed by atoms with Crippen molar-refractivity contribution in [3.05, 3.63) is 0 Å². The lowest BCUT2D eigenvalue weighted by Crippen LogP contribution is -2.60. The average Bonchev–Trinajstić information content (AvgIpc) is 2.47. The van der Waals surface area contributed by atoms with E-state index in [2.05, 4.69) is 35.6 Å². The Balaban J connectivity index is 1.81. The van der Waals surface area contributed by atoms with Crippen LogP contribution in [0.3, 0.4) is 0 Å². The van der Waals surface area contributed by atoms with Gasteiger partial charge in [0.25, 0.3) is 0 Å². The Bertz CT molecular complexity index is 367. The van der Waals surface area contributed by atoms with Crippen molar-refractivity contribution >= 4 is 5.91 Å². The van der Waals surface area contributed by atoms with Gasteiger partial charge in [-0.05, 0) is 20.9 Å². The van der Waals surface area contributed by atoms with Gasteiger partial charge in [-0.1, -0.05) is 13.8 Å². The van der Waals surface area contributed by atoms with Crippen LogP contribution in [0.4, 0.5) is 0 Å². The van der Waals surface area contributed by atoms with Gasteiger partial charge in [0.2, 0.25) is 5.91 Å². The fourth-order valence-corrected chi connectivity index (χ4v) is 3.55. The van der Waals surface area contributed by atoms with Crippen LogP contribution in [0.2, 0.25) is 0 Å². The van der Waals surface area contributed by atoms with Crippen molar-refractivity contribution in [1.29, 1.82) is 0 Å². The highest BCUT2D eigenvalue weighted by atomic mass is 16.2. The van der Waals surface area contributed by atoms with Gasteiger partial charge < -0.3 is 9.80 Å². The summed E-state index contributed by atoms with van der Waals surface area (Å²) in [6.07, 6.45) is 0. The van der Waals surface area contributed by atoms with Gasteiger partial charge in [-0.15, -0.1) is 0 Å². The first-order valence-electron chi connectivity index (χ1n) is 8.74. The van der Waals surface area contributed by atoms with Crippen LogP contribution in [0.15, 0.2) is 0 Å². The third-order valence-electron chi connectivity index (χ3n) is 5.15. The van der Waals surface area contributed by atoms with Gasteiger partial charge in [0.05, 0.1) is 0 Å². The maximum atomic E-state index is 12.1. The lowest BCUT2D eigenvalue weighted by atomic mass is 10.00. The van der Waals surface area contributed by atoms with Gasteiger partial charge >= 0.3 is 0 Å². The molecule has 0 saturated carbocycles. The third kappa shape index (κ3) is 4.43. The molecule has 2 aliphatic heterocycles. The van der Waals surface area contributed by atoms with Crippen LogP contribution in [0.5, 0.6) is 0 Å². The van der Waals surface area contributed by atoms with Crippen molar-refractivity contribution in [1.82, 2.24) is 19.6 Å². The molecule has 128 valence electrons. The molecule has 2 fully saturated rings. The number of amides is 1. The SMILES string of the molecule is CC(C)C(=O)N1CCN(CC(C)(C)N2CCN(C)CC2)CC1. The first-order chi connectivity index (χ1) is 10.3. The van der Waals surface area contributed by atoms with Crippen LogP contribution >= 0.6 is 0 Å². The normalized spacial score (nSPS) is 23.3.